The quantitative estimate of drug-likeness (QED) is 0.542. The van der Waals surface area contributed by atoms with Crippen LogP contribution < -0.4 is 16.0 Å². The average Bonchev–Trinajstić information content (AvgIpc) is 2.57. The predicted molar refractivity (Wildman–Crippen MR) is 101 cm³/mol. The molecular formula is C18H26N4O5. The fraction of sp³-hybridized carbons (Fsp3) is 0.444. The van der Waals surface area contributed by atoms with E-state index in [1.165, 1.54) is 30.9 Å². The minimum absolute atomic E-state index is 0.0134. The fourth-order valence-corrected chi connectivity index (χ4v) is 2.25. The van der Waals surface area contributed by atoms with Crippen molar-refractivity contribution in [1.82, 2.24) is 15.5 Å². The molecule has 148 valence electrons. The van der Waals surface area contributed by atoms with Gasteiger partial charge in [0.05, 0.1) is 0 Å². The smallest absolute Gasteiger partial charge is 0.326 e. The lowest BCUT2D eigenvalue weighted by molar-refractivity contribution is -0.141. The summed E-state index contributed by atoms with van der Waals surface area (Å²) in [6.07, 6.45) is 0. The SMILES string of the molecule is CC(=O)NCCN(C(=O)c1ccc(NC(=O)NC(C)C)cc1)C(C)C(=O)O. The molecule has 0 fully saturated rings. The molecule has 0 spiro atoms. The number of carboxylic acids is 1. The molecule has 9 nitrogen and oxygen atoms in total. The summed E-state index contributed by atoms with van der Waals surface area (Å²) in [5.41, 5.74) is 0.779. The van der Waals surface area contributed by atoms with Crippen LogP contribution in [0.5, 0.6) is 0 Å². The van der Waals surface area contributed by atoms with Gasteiger partial charge >= 0.3 is 12.0 Å². The lowest BCUT2D eigenvalue weighted by Crippen LogP contribution is -2.46. The number of urea groups is 1. The van der Waals surface area contributed by atoms with Crippen molar-refractivity contribution in [2.75, 3.05) is 18.4 Å². The number of amides is 4. The number of nitrogens with one attached hydrogen (secondary N) is 3. The van der Waals surface area contributed by atoms with Crippen LogP contribution in [0, 0.1) is 0 Å². The van der Waals surface area contributed by atoms with Crippen molar-refractivity contribution >= 4 is 29.5 Å². The Morgan fingerprint density at radius 2 is 1.67 bits per heavy atom. The first-order valence-electron chi connectivity index (χ1n) is 8.57. The Morgan fingerprint density at radius 3 is 2.15 bits per heavy atom. The Kier molecular flexibility index (Phi) is 8.25. The third kappa shape index (κ3) is 7.35. The van der Waals surface area contributed by atoms with E-state index in [0.29, 0.717) is 5.69 Å². The van der Waals surface area contributed by atoms with Crippen molar-refractivity contribution in [3.05, 3.63) is 29.8 Å². The molecule has 4 amide bonds. The van der Waals surface area contributed by atoms with E-state index in [9.17, 15) is 24.3 Å². The van der Waals surface area contributed by atoms with Gasteiger partial charge in [-0.05, 0) is 45.0 Å². The van der Waals surface area contributed by atoms with Crippen molar-refractivity contribution in [1.29, 1.82) is 0 Å². The monoisotopic (exact) mass is 378 g/mol. The minimum Gasteiger partial charge on any atom is -0.480 e. The Hall–Kier alpha value is -3.10. The fourth-order valence-electron chi connectivity index (χ4n) is 2.25. The summed E-state index contributed by atoms with van der Waals surface area (Å²) in [5, 5.41) is 17.1. The Labute approximate surface area is 158 Å². The second kappa shape index (κ2) is 10.1. The molecule has 4 N–H and O–H groups in total. The molecule has 1 aromatic rings. The summed E-state index contributed by atoms with van der Waals surface area (Å²) in [5.74, 6) is -1.89. The van der Waals surface area contributed by atoms with Crippen molar-refractivity contribution in [3.63, 3.8) is 0 Å². The standard InChI is InChI=1S/C18H26N4O5/c1-11(2)20-18(27)21-15-7-5-14(6-8-15)16(24)22(12(3)17(25)26)10-9-19-13(4)23/h5-8,11-12H,9-10H2,1-4H3,(H,19,23)(H,25,26)(H2,20,21,27). The van der Waals surface area contributed by atoms with Gasteiger partial charge in [0.1, 0.15) is 6.04 Å². The number of carboxylic acid groups (broad SMARTS) is 1. The summed E-state index contributed by atoms with van der Waals surface area (Å²) < 4.78 is 0. The largest absolute Gasteiger partial charge is 0.480 e. The van der Waals surface area contributed by atoms with E-state index in [-0.39, 0.29) is 36.6 Å². The molecule has 1 aromatic carbocycles. The second-order valence-corrected chi connectivity index (χ2v) is 6.33. The number of carbonyl (C=O) groups is 4. The summed E-state index contributed by atoms with van der Waals surface area (Å²) in [4.78, 5) is 47.9. The number of hydrogen-bond acceptors (Lipinski definition) is 4. The highest BCUT2D eigenvalue weighted by Gasteiger charge is 2.26. The maximum Gasteiger partial charge on any atom is 0.326 e. The van der Waals surface area contributed by atoms with E-state index >= 15 is 0 Å². The van der Waals surface area contributed by atoms with Crippen molar-refractivity contribution in [2.45, 2.75) is 39.8 Å². The molecule has 0 saturated heterocycles. The molecule has 1 rings (SSSR count). The third-order valence-electron chi connectivity index (χ3n) is 3.62. The lowest BCUT2D eigenvalue weighted by atomic mass is 10.1. The highest BCUT2D eigenvalue weighted by atomic mass is 16.4. The highest BCUT2D eigenvalue weighted by molar-refractivity contribution is 5.97. The van der Waals surface area contributed by atoms with E-state index in [0.717, 1.165) is 0 Å². The van der Waals surface area contributed by atoms with E-state index in [1.54, 1.807) is 12.1 Å². The topological polar surface area (TPSA) is 128 Å². The molecule has 0 aliphatic rings. The molecule has 0 aromatic heterocycles. The van der Waals surface area contributed by atoms with Gasteiger partial charge in [-0.25, -0.2) is 9.59 Å². The molecule has 0 aliphatic carbocycles. The summed E-state index contributed by atoms with van der Waals surface area (Å²) in [6.45, 7) is 6.62. The summed E-state index contributed by atoms with van der Waals surface area (Å²) in [7, 11) is 0. The van der Waals surface area contributed by atoms with Crippen molar-refractivity contribution < 1.29 is 24.3 Å². The Morgan fingerprint density at radius 1 is 1.07 bits per heavy atom. The second-order valence-electron chi connectivity index (χ2n) is 6.33. The zero-order valence-corrected chi connectivity index (χ0v) is 15.9. The number of rotatable bonds is 8. The van der Waals surface area contributed by atoms with Gasteiger partial charge in [0.2, 0.25) is 5.91 Å². The van der Waals surface area contributed by atoms with Gasteiger partial charge in [-0.15, -0.1) is 0 Å². The van der Waals surface area contributed by atoms with Gasteiger partial charge in [-0.3, -0.25) is 9.59 Å². The van der Waals surface area contributed by atoms with Crippen LogP contribution in [-0.2, 0) is 9.59 Å². The Balaban J connectivity index is 2.86. The Bertz CT molecular complexity index is 687. The first-order valence-corrected chi connectivity index (χ1v) is 8.57. The normalized spacial score (nSPS) is 11.4. The van der Waals surface area contributed by atoms with Crippen LogP contribution in [0.4, 0.5) is 10.5 Å². The predicted octanol–water partition coefficient (Wildman–Crippen LogP) is 1.27. The molecule has 0 bridgehead atoms. The van der Waals surface area contributed by atoms with E-state index in [1.807, 2.05) is 13.8 Å². The first-order chi connectivity index (χ1) is 12.6. The van der Waals surface area contributed by atoms with Crippen molar-refractivity contribution in [3.8, 4) is 0 Å². The van der Waals surface area contributed by atoms with E-state index in [4.69, 9.17) is 0 Å². The number of nitrogens with zero attached hydrogens (tertiary/aromatic N) is 1. The van der Waals surface area contributed by atoms with Crippen LogP contribution in [0.2, 0.25) is 0 Å². The number of carbonyl (C=O) groups excluding carboxylic acids is 3. The minimum atomic E-state index is -1.14. The number of benzene rings is 1. The maximum atomic E-state index is 12.7. The van der Waals surface area contributed by atoms with Gasteiger partial charge in [0.25, 0.3) is 5.91 Å². The van der Waals surface area contributed by atoms with Crippen LogP contribution >= 0.6 is 0 Å². The molecule has 1 atom stereocenters. The van der Waals surface area contributed by atoms with Gasteiger partial charge in [0, 0.05) is 37.3 Å². The molecule has 9 heteroatoms. The van der Waals surface area contributed by atoms with Gasteiger partial charge in [-0.1, -0.05) is 0 Å². The summed E-state index contributed by atoms with van der Waals surface area (Å²) >= 11 is 0. The van der Waals surface area contributed by atoms with Crippen LogP contribution in [0.3, 0.4) is 0 Å². The molecule has 0 saturated carbocycles. The van der Waals surface area contributed by atoms with Crippen LogP contribution in [-0.4, -0.2) is 59.0 Å². The van der Waals surface area contributed by atoms with Crippen LogP contribution in [0.15, 0.2) is 24.3 Å². The van der Waals surface area contributed by atoms with E-state index in [2.05, 4.69) is 16.0 Å². The lowest BCUT2D eigenvalue weighted by Gasteiger charge is -2.26. The molecule has 27 heavy (non-hydrogen) atoms. The first kappa shape index (κ1) is 21.9. The maximum absolute atomic E-state index is 12.7. The number of hydrogen-bond donors (Lipinski definition) is 4. The zero-order valence-electron chi connectivity index (χ0n) is 15.9. The molecule has 0 heterocycles. The third-order valence-corrected chi connectivity index (χ3v) is 3.62. The molecule has 1 unspecified atom stereocenters. The van der Waals surface area contributed by atoms with Crippen LogP contribution in [0.25, 0.3) is 0 Å². The van der Waals surface area contributed by atoms with Gasteiger partial charge < -0.3 is 26.0 Å². The van der Waals surface area contributed by atoms with Crippen LogP contribution in [0.1, 0.15) is 38.1 Å². The van der Waals surface area contributed by atoms with Crippen molar-refractivity contribution in [2.24, 2.45) is 0 Å². The molecule has 0 radical (unpaired) electrons. The average molecular weight is 378 g/mol. The number of anilines is 1. The number of aliphatic carboxylic acids is 1. The zero-order chi connectivity index (χ0) is 20.6. The summed E-state index contributed by atoms with van der Waals surface area (Å²) in [6, 6.07) is 4.71. The molecular weight excluding hydrogens is 352 g/mol. The van der Waals surface area contributed by atoms with Gasteiger partial charge in [0.15, 0.2) is 0 Å². The van der Waals surface area contributed by atoms with E-state index < -0.39 is 17.9 Å². The highest BCUT2D eigenvalue weighted by Crippen LogP contribution is 2.13. The molecule has 0 aliphatic heterocycles. The van der Waals surface area contributed by atoms with Gasteiger partial charge in [-0.2, -0.15) is 0 Å².